The van der Waals surface area contributed by atoms with E-state index in [-0.39, 0.29) is 5.91 Å². The number of anilines is 1. The number of nitrogens with zero attached hydrogens (tertiary/aromatic N) is 2. The maximum atomic E-state index is 12.6. The Morgan fingerprint density at radius 3 is 2.95 bits per heavy atom. The highest BCUT2D eigenvalue weighted by atomic mass is 16.2. The van der Waals surface area contributed by atoms with Crippen LogP contribution in [0.15, 0.2) is 24.4 Å². The van der Waals surface area contributed by atoms with Crippen molar-refractivity contribution in [1.29, 1.82) is 0 Å². The molecule has 1 atom stereocenters. The molecule has 1 unspecified atom stereocenters. The van der Waals surface area contributed by atoms with Crippen LogP contribution in [0.1, 0.15) is 16.8 Å². The zero-order valence-corrected chi connectivity index (χ0v) is 11.9. The highest BCUT2D eigenvalue weighted by Gasteiger charge is 2.29. The van der Waals surface area contributed by atoms with Crippen LogP contribution in [0.4, 0.5) is 5.69 Å². The van der Waals surface area contributed by atoms with Gasteiger partial charge < -0.3 is 20.5 Å². The number of H-pyrrole nitrogens is 1. The Morgan fingerprint density at radius 1 is 1.45 bits per heavy atom. The second-order valence-corrected chi connectivity index (χ2v) is 5.66. The Balaban J connectivity index is 1.86. The first-order valence-electron chi connectivity index (χ1n) is 6.88. The van der Waals surface area contributed by atoms with Crippen molar-refractivity contribution < 1.29 is 4.79 Å². The van der Waals surface area contributed by atoms with Gasteiger partial charge in [-0.3, -0.25) is 4.79 Å². The molecule has 5 heteroatoms. The van der Waals surface area contributed by atoms with E-state index in [1.807, 2.05) is 23.1 Å². The monoisotopic (exact) mass is 272 g/mol. The number of aromatic nitrogens is 1. The molecule has 1 amide bonds. The Hall–Kier alpha value is -2.01. The van der Waals surface area contributed by atoms with Crippen molar-refractivity contribution in [1.82, 2.24) is 14.8 Å². The highest BCUT2D eigenvalue weighted by Crippen LogP contribution is 2.24. The molecule has 3 N–H and O–H groups in total. The minimum absolute atomic E-state index is 0.102. The summed E-state index contributed by atoms with van der Waals surface area (Å²) in [5.41, 5.74) is 8.11. The molecular formula is C15H20N4O. The third-order valence-corrected chi connectivity index (χ3v) is 4.12. The van der Waals surface area contributed by atoms with Crippen LogP contribution in [0.25, 0.3) is 10.9 Å². The summed E-state index contributed by atoms with van der Waals surface area (Å²) in [6, 6.07) is 6.06. The molecule has 0 radical (unpaired) electrons. The van der Waals surface area contributed by atoms with Gasteiger partial charge in [-0.2, -0.15) is 0 Å². The lowest BCUT2D eigenvalue weighted by atomic mass is 10.1. The van der Waals surface area contributed by atoms with E-state index in [2.05, 4.69) is 24.0 Å². The van der Waals surface area contributed by atoms with Crippen LogP contribution < -0.4 is 5.73 Å². The number of amides is 1. The number of carbonyl (C=O) groups is 1. The van der Waals surface area contributed by atoms with E-state index in [0.29, 0.717) is 11.7 Å². The lowest BCUT2D eigenvalue weighted by molar-refractivity contribution is 0.0785. The molecule has 1 aromatic carbocycles. The largest absolute Gasteiger partial charge is 0.399 e. The van der Waals surface area contributed by atoms with Crippen molar-refractivity contribution in [2.45, 2.75) is 12.5 Å². The molecule has 20 heavy (non-hydrogen) atoms. The molecule has 0 spiro atoms. The fourth-order valence-corrected chi connectivity index (χ4v) is 2.84. The fraction of sp³-hybridized carbons (Fsp3) is 0.400. The fourth-order valence-electron chi connectivity index (χ4n) is 2.84. The van der Waals surface area contributed by atoms with Gasteiger partial charge in [-0.15, -0.1) is 0 Å². The Morgan fingerprint density at radius 2 is 2.25 bits per heavy atom. The van der Waals surface area contributed by atoms with Gasteiger partial charge in [0.05, 0.1) is 5.56 Å². The molecule has 1 aliphatic rings. The van der Waals surface area contributed by atoms with Gasteiger partial charge in [-0.05, 0) is 38.7 Å². The highest BCUT2D eigenvalue weighted by molar-refractivity contribution is 6.07. The summed E-state index contributed by atoms with van der Waals surface area (Å²) in [7, 11) is 4.13. The van der Waals surface area contributed by atoms with Gasteiger partial charge in [0.25, 0.3) is 5.91 Å². The van der Waals surface area contributed by atoms with Gasteiger partial charge in [-0.25, -0.2) is 0 Å². The van der Waals surface area contributed by atoms with Crippen molar-refractivity contribution >= 4 is 22.5 Å². The molecule has 3 rings (SSSR count). The van der Waals surface area contributed by atoms with E-state index in [9.17, 15) is 4.79 Å². The van der Waals surface area contributed by atoms with E-state index in [4.69, 9.17) is 5.73 Å². The first-order valence-corrected chi connectivity index (χ1v) is 6.88. The number of benzene rings is 1. The molecular weight excluding hydrogens is 252 g/mol. The molecule has 0 aliphatic carbocycles. The zero-order chi connectivity index (χ0) is 14.3. The molecule has 1 aliphatic heterocycles. The summed E-state index contributed by atoms with van der Waals surface area (Å²) in [6.07, 6.45) is 2.82. The number of hydrogen-bond acceptors (Lipinski definition) is 3. The number of carbonyl (C=O) groups excluding carboxylic acids is 1. The summed E-state index contributed by atoms with van der Waals surface area (Å²) in [6.45, 7) is 1.62. The Kier molecular flexibility index (Phi) is 3.14. The van der Waals surface area contributed by atoms with Crippen LogP contribution >= 0.6 is 0 Å². The molecule has 106 valence electrons. The third-order valence-electron chi connectivity index (χ3n) is 4.12. The van der Waals surface area contributed by atoms with Crippen molar-refractivity contribution in [2.24, 2.45) is 0 Å². The summed E-state index contributed by atoms with van der Waals surface area (Å²) in [5.74, 6) is 0.102. The number of nitrogens with two attached hydrogens (primary N) is 1. The third kappa shape index (κ3) is 2.14. The van der Waals surface area contributed by atoms with Crippen molar-refractivity contribution in [3.8, 4) is 0 Å². The van der Waals surface area contributed by atoms with Crippen LogP contribution in [0.2, 0.25) is 0 Å². The first kappa shape index (κ1) is 13.0. The normalized spacial score (nSPS) is 19.1. The Bertz CT molecular complexity index is 646. The minimum Gasteiger partial charge on any atom is -0.399 e. The van der Waals surface area contributed by atoms with Crippen LogP contribution in [-0.4, -0.2) is 53.9 Å². The summed E-state index contributed by atoms with van der Waals surface area (Å²) in [5, 5.41) is 0.942. The molecule has 2 heterocycles. The Labute approximate surface area is 118 Å². The topological polar surface area (TPSA) is 65.4 Å². The zero-order valence-electron chi connectivity index (χ0n) is 11.9. The number of nitrogens with one attached hydrogen (secondary N) is 1. The number of aromatic amines is 1. The number of likely N-dealkylation sites (N-methyl/N-ethyl adjacent to an activating group) is 1. The van der Waals surface area contributed by atoms with Gasteiger partial charge in [0.15, 0.2) is 0 Å². The van der Waals surface area contributed by atoms with E-state index < -0.39 is 0 Å². The molecule has 5 nitrogen and oxygen atoms in total. The van der Waals surface area contributed by atoms with E-state index in [1.165, 1.54) is 0 Å². The van der Waals surface area contributed by atoms with Crippen molar-refractivity contribution in [3.63, 3.8) is 0 Å². The first-order chi connectivity index (χ1) is 9.56. The predicted octanol–water partition coefficient (Wildman–Crippen LogP) is 1.53. The van der Waals surface area contributed by atoms with Crippen LogP contribution in [-0.2, 0) is 0 Å². The molecule has 1 fully saturated rings. The van der Waals surface area contributed by atoms with Gasteiger partial charge in [0, 0.05) is 41.9 Å². The van der Waals surface area contributed by atoms with Crippen molar-refractivity contribution in [3.05, 3.63) is 30.0 Å². The molecule has 1 saturated heterocycles. The van der Waals surface area contributed by atoms with Crippen LogP contribution in [0.5, 0.6) is 0 Å². The average Bonchev–Trinajstić information content (AvgIpc) is 3.04. The quantitative estimate of drug-likeness (QED) is 0.815. The van der Waals surface area contributed by atoms with E-state index in [1.54, 1.807) is 6.20 Å². The van der Waals surface area contributed by atoms with Gasteiger partial charge in [0.1, 0.15) is 0 Å². The molecule has 0 bridgehead atoms. The van der Waals surface area contributed by atoms with Crippen molar-refractivity contribution in [2.75, 3.05) is 32.9 Å². The molecule has 2 aromatic rings. The number of fused-ring (bicyclic) bond motifs is 1. The minimum atomic E-state index is 0.102. The second kappa shape index (κ2) is 4.83. The summed E-state index contributed by atoms with van der Waals surface area (Å²) < 4.78 is 0. The maximum absolute atomic E-state index is 12.6. The summed E-state index contributed by atoms with van der Waals surface area (Å²) in [4.78, 5) is 19.9. The number of likely N-dealkylation sites (tertiary alicyclic amines) is 1. The number of nitrogen functional groups attached to an aromatic ring is 1. The lowest BCUT2D eigenvalue weighted by Crippen LogP contribution is -2.34. The van der Waals surface area contributed by atoms with E-state index >= 15 is 0 Å². The van der Waals surface area contributed by atoms with Crippen LogP contribution in [0.3, 0.4) is 0 Å². The smallest absolute Gasteiger partial charge is 0.256 e. The summed E-state index contributed by atoms with van der Waals surface area (Å²) >= 11 is 0. The second-order valence-electron chi connectivity index (χ2n) is 5.66. The number of hydrogen-bond donors (Lipinski definition) is 2. The number of rotatable bonds is 2. The standard InChI is InChI=1S/C15H20N4O/c1-18(2)11-5-6-19(9-11)15(20)13-8-17-14-7-10(16)3-4-12(13)14/h3-4,7-8,11,17H,5-6,9,16H2,1-2H3. The lowest BCUT2D eigenvalue weighted by Gasteiger charge is -2.20. The SMILES string of the molecule is CN(C)C1CCN(C(=O)c2c[nH]c3cc(N)ccc23)C1. The van der Waals surface area contributed by atoms with E-state index in [0.717, 1.165) is 36.0 Å². The van der Waals surface area contributed by atoms with Gasteiger partial charge in [-0.1, -0.05) is 0 Å². The van der Waals surface area contributed by atoms with Crippen LogP contribution in [0, 0.1) is 0 Å². The predicted molar refractivity (Wildman–Crippen MR) is 80.7 cm³/mol. The molecule has 0 saturated carbocycles. The molecule has 1 aromatic heterocycles. The van der Waals surface area contributed by atoms with Gasteiger partial charge >= 0.3 is 0 Å². The van der Waals surface area contributed by atoms with Gasteiger partial charge in [0.2, 0.25) is 0 Å². The average molecular weight is 272 g/mol. The maximum Gasteiger partial charge on any atom is 0.256 e.